The molecule has 1 aliphatic heterocycles. The first-order valence-corrected chi connectivity index (χ1v) is 9.98. The zero-order chi connectivity index (χ0) is 19.8. The van der Waals surface area contributed by atoms with Crippen LogP contribution >= 0.6 is 0 Å². The number of methoxy groups -OCH3 is 2. The van der Waals surface area contributed by atoms with Crippen LogP contribution in [0, 0.1) is 0 Å². The van der Waals surface area contributed by atoms with Gasteiger partial charge in [-0.3, -0.25) is 9.69 Å². The Balaban J connectivity index is 1.67. The van der Waals surface area contributed by atoms with Gasteiger partial charge in [0.2, 0.25) is 5.91 Å². The van der Waals surface area contributed by atoms with Gasteiger partial charge in [0.25, 0.3) is 0 Å². The van der Waals surface area contributed by atoms with E-state index < -0.39 is 0 Å². The molecule has 5 heteroatoms. The zero-order valence-corrected chi connectivity index (χ0v) is 16.8. The summed E-state index contributed by atoms with van der Waals surface area (Å²) < 4.78 is 10.6. The average Bonchev–Trinajstić information content (AvgIpc) is 2.75. The Morgan fingerprint density at radius 2 is 1.71 bits per heavy atom. The van der Waals surface area contributed by atoms with Crippen molar-refractivity contribution in [3.05, 3.63) is 59.7 Å². The van der Waals surface area contributed by atoms with Crippen LogP contribution in [0.15, 0.2) is 48.5 Å². The van der Waals surface area contributed by atoms with Gasteiger partial charge in [-0.05, 0) is 49.7 Å². The third-order valence-electron chi connectivity index (χ3n) is 5.37. The fourth-order valence-electron chi connectivity index (χ4n) is 3.81. The SMILES string of the molecule is COc1ccc(C(CNC(=O)Cc2ccccc2OC)N2CCCCC2)cc1. The summed E-state index contributed by atoms with van der Waals surface area (Å²) in [7, 11) is 3.31. The first-order valence-electron chi connectivity index (χ1n) is 9.98. The Kier molecular flexibility index (Phi) is 7.31. The van der Waals surface area contributed by atoms with Gasteiger partial charge >= 0.3 is 0 Å². The van der Waals surface area contributed by atoms with Crippen molar-refractivity contribution in [3.63, 3.8) is 0 Å². The molecule has 0 radical (unpaired) electrons. The van der Waals surface area contributed by atoms with E-state index in [1.165, 1.54) is 24.8 Å². The van der Waals surface area contributed by atoms with E-state index >= 15 is 0 Å². The largest absolute Gasteiger partial charge is 0.497 e. The summed E-state index contributed by atoms with van der Waals surface area (Å²) in [6.07, 6.45) is 4.02. The topological polar surface area (TPSA) is 50.8 Å². The summed E-state index contributed by atoms with van der Waals surface area (Å²) >= 11 is 0. The minimum absolute atomic E-state index is 0.0139. The van der Waals surface area contributed by atoms with Crippen molar-refractivity contribution >= 4 is 5.91 Å². The van der Waals surface area contributed by atoms with Crippen molar-refractivity contribution in [1.29, 1.82) is 0 Å². The molecule has 150 valence electrons. The molecule has 1 amide bonds. The number of piperidine rings is 1. The Hall–Kier alpha value is -2.53. The zero-order valence-electron chi connectivity index (χ0n) is 16.8. The highest BCUT2D eigenvalue weighted by Crippen LogP contribution is 2.26. The van der Waals surface area contributed by atoms with Crippen molar-refractivity contribution in [3.8, 4) is 11.5 Å². The smallest absolute Gasteiger partial charge is 0.224 e. The lowest BCUT2D eigenvalue weighted by Gasteiger charge is -2.35. The molecule has 1 atom stereocenters. The lowest BCUT2D eigenvalue weighted by Crippen LogP contribution is -2.41. The molecule has 0 spiro atoms. The highest BCUT2D eigenvalue weighted by atomic mass is 16.5. The van der Waals surface area contributed by atoms with E-state index in [1.807, 2.05) is 36.4 Å². The van der Waals surface area contributed by atoms with Gasteiger partial charge in [0, 0.05) is 12.1 Å². The fraction of sp³-hybridized carbons (Fsp3) is 0.435. The van der Waals surface area contributed by atoms with Crippen LogP contribution < -0.4 is 14.8 Å². The maximum atomic E-state index is 12.6. The number of rotatable bonds is 8. The fourth-order valence-corrected chi connectivity index (χ4v) is 3.81. The number of carbonyl (C=O) groups is 1. The van der Waals surface area contributed by atoms with E-state index in [1.54, 1.807) is 14.2 Å². The van der Waals surface area contributed by atoms with Crippen LogP contribution in [0.25, 0.3) is 0 Å². The van der Waals surface area contributed by atoms with E-state index in [-0.39, 0.29) is 11.9 Å². The first kappa shape index (κ1) is 20.2. The Bertz CT molecular complexity index is 755. The lowest BCUT2D eigenvalue weighted by atomic mass is 10.0. The molecule has 1 unspecified atom stereocenters. The quantitative estimate of drug-likeness (QED) is 0.758. The van der Waals surface area contributed by atoms with Gasteiger partial charge < -0.3 is 14.8 Å². The van der Waals surface area contributed by atoms with Crippen LogP contribution in [0.5, 0.6) is 11.5 Å². The maximum absolute atomic E-state index is 12.6. The van der Waals surface area contributed by atoms with Crippen LogP contribution in [0.4, 0.5) is 0 Å². The molecule has 0 aromatic heterocycles. The molecule has 0 saturated carbocycles. The second-order valence-electron chi connectivity index (χ2n) is 7.18. The third kappa shape index (κ3) is 5.26. The summed E-state index contributed by atoms with van der Waals surface area (Å²) in [6.45, 7) is 2.73. The first-order chi connectivity index (χ1) is 13.7. The molecule has 3 rings (SSSR count). The van der Waals surface area contributed by atoms with Gasteiger partial charge in [-0.2, -0.15) is 0 Å². The normalized spacial score (nSPS) is 15.6. The molecule has 2 aromatic rings. The molecular weight excluding hydrogens is 352 g/mol. The summed E-state index contributed by atoms with van der Waals surface area (Å²) in [5, 5.41) is 3.14. The second kappa shape index (κ2) is 10.1. The van der Waals surface area contributed by atoms with E-state index in [2.05, 4.69) is 22.3 Å². The summed E-state index contributed by atoms with van der Waals surface area (Å²) in [6, 6.07) is 16.0. The van der Waals surface area contributed by atoms with Gasteiger partial charge in [-0.1, -0.05) is 36.8 Å². The molecule has 0 bridgehead atoms. The van der Waals surface area contributed by atoms with E-state index in [4.69, 9.17) is 9.47 Å². The predicted molar refractivity (Wildman–Crippen MR) is 111 cm³/mol. The average molecular weight is 383 g/mol. The van der Waals surface area contributed by atoms with Crippen molar-refractivity contribution in [2.24, 2.45) is 0 Å². The molecule has 1 fully saturated rings. The number of para-hydroxylation sites is 1. The highest BCUT2D eigenvalue weighted by molar-refractivity contribution is 5.79. The maximum Gasteiger partial charge on any atom is 0.224 e. The van der Waals surface area contributed by atoms with Crippen LogP contribution in [0.1, 0.15) is 36.4 Å². The number of likely N-dealkylation sites (tertiary alicyclic amines) is 1. The van der Waals surface area contributed by atoms with Crippen LogP contribution in [-0.2, 0) is 11.2 Å². The van der Waals surface area contributed by atoms with Crippen molar-refractivity contribution in [2.75, 3.05) is 33.9 Å². The molecule has 1 heterocycles. The highest BCUT2D eigenvalue weighted by Gasteiger charge is 2.23. The Labute approximate surface area is 167 Å². The minimum Gasteiger partial charge on any atom is -0.497 e. The number of hydrogen-bond donors (Lipinski definition) is 1. The number of benzene rings is 2. The minimum atomic E-state index is 0.0139. The van der Waals surface area contributed by atoms with E-state index in [9.17, 15) is 4.79 Å². The number of nitrogens with zero attached hydrogens (tertiary/aromatic N) is 1. The molecule has 1 saturated heterocycles. The predicted octanol–water partition coefficient (Wildman–Crippen LogP) is 3.59. The summed E-state index contributed by atoms with van der Waals surface area (Å²) in [5.74, 6) is 1.61. The third-order valence-corrected chi connectivity index (χ3v) is 5.37. The Morgan fingerprint density at radius 1 is 1.00 bits per heavy atom. The number of nitrogens with one attached hydrogen (secondary N) is 1. The Morgan fingerprint density at radius 3 is 2.39 bits per heavy atom. The standard InChI is InChI=1S/C23H30N2O3/c1-27-20-12-10-18(11-13-20)21(25-14-6-3-7-15-25)17-24-23(26)16-19-8-4-5-9-22(19)28-2/h4-5,8-13,21H,3,6-7,14-17H2,1-2H3,(H,24,26). The number of carbonyl (C=O) groups excluding carboxylic acids is 1. The summed E-state index contributed by atoms with van der Waals surface area (Å²) in [4.78, 5) is 15.1. The number of amides is 1. The second-order valence-corrected chi connectivity index (χ2v) is 7.18. The molecular formula is C23H30N2O3. The van der Waals surface area contributed by atoms with Crippen molar-refractivity contribution < 1.29 is 14.3 Å². The molecule has 28 heavy (non-hydrogen) atoms. The van der Waals surface area contributed by atoms with E-state index in [0.29, 0.717) is 13.0 Å². The van der Waals surface area contributed by atoms with Gasteiger partial charge in [-0.25, -0.2) is 0 Å². The van der Waals surface area contributed by atoms with E-state index in [0.717, 1.165) is 30.2 Å². The van der Waals surface area contributed by atoms with Gasteiger partial charge in [0.15, 0.2) is 0 Å². The molecule has 2 aromatic carbocycles. The molecule has 1 N–H and O–H groups in total. The molecule has 5 nitrogen and oxygen atoms in total. The van der Waals surface area contributed by atoms with Crippen LogP contribution in [0.2, 0.25) is 0 Å². The number of ether oxygens (including phenoxy) is 2. The van der Waals surface area contributed by atoms with Gasteiger partial charge in [0.1, 0.15) is 11.5 Å². The lowest BCUT2D eigenvalue weighted by molar-refractivity contribution is -0.120. The van der Waals surface area contributed by atoms with Gasteiger partial charge in [0.05, 0.1) is 26.7 Å². The molecule has 0 aliphatic carbocycles. The number of hydrogen-bond acceptors (Lipinski definition) is 4. The van der Waals surface area contributed by atoms with Crippen molar-refractivity contribution in [1.82, 2.24) is 10.2 Å². The van der Waals surface area contributed by atoms with Crippen LogP contribution in [-0.4, -0.2) is 44.7 Å². The van der Waals surface area contributed by atoms with Gasteiger partial charge in [-0.15, -0.1) is 0 Å². The van der Waals surface area contributed by atoms with Crippen LogP contribution in [0.3, 0.4) is 0 Å². The van der Waals surface area contributed by atoms with Crippen molar-refractivity contribution in [2.45, 2.75) is 31.7 Å². The monoisotopic (exact) mass is 382 g/mol. The summed E-state index contributed by atoms with van der Waals surface area (Å²) in [5.41, 5.74) is 2.11. The molecule has 1 aliphatic rings.